The molecule has 0 aliphatic heterocycles. The van der Waals surface area contributed by atoms with Crippen molar-refractivity contribution >= 4 is 11.6 Å². The van der Waals surface area contributed by atoms with Crippen molar-refractivity contribution in [3.05, 3.63) is 34.6 Å². The highest BCUT2D eigenvalue weighted by Crippen LogP contribution is 2.35. The van der Waals surface area contributed by atoms with Crippen LogP contribution in [-0.4, -0.2) is 16.4 Å². The third-order valence-corrected chi connectivity index (χ3v) is 2.91. The van der Waals surface area contributed by atoms with Gasteiger partial charge in [-0.25, -0.2) is 9.07 Å². The number of halogens is 4. The first-order valence-corrected chi connectivity index (χ1v) is 5.71. The number of hydrogen-bond donors (Lipinski definition) is 0. The first kappa shape index (κ1) is 13.7. The van der Waals surface area contributed by atoms with Crippen LogP contribution in [0.1, 0.15) is 5.56 Å². The number of benzene rings is 1. The van der Waals surface area contributed by atoms with Gasteiger partial charge in [-0.15, -0.1) is 0 Å². The van der Waals surface area contributed by atoms with Crippen molar-refractivity contribution in [2.75, 3.05) is 0 Å². The Kier molecular flexibility index (Phi) is 3.71. The summed E-state index contributed by atoms with van der Waals surface area (Å²) >= 11 is 5.96. The number of alkyl halides is 2. The molecule has 0 unspecified atom stereocenters. The summed E-state index contributed by atoms with van der Waals surface area (Å²) in [4.78, 5) is 0. The molecule has 0 fully saturated rings. The zero-order chi connectivity index (χ0) is 14.2. The van der Waals surface area contributed by atoms with Gasteiger partial charge in [0.15, 0.2) is 0 Å². The molecular formula is C12H10ClF3N2O. The van der Waals surface area contributed by atoms with E-state index in [0.717, 1.165) is 4.68 Å². The van der Waals surface area contributed by atoms with Gasteiger partial charge >= 0.3 is 6.61 Å². The smallest absolute Gasteiger partial charge is 0.388 e. The molecule has 3 nitrogen and oxygen atoms in total. The average molecular weight is 291 g/mol. The summed E-state index contributed by atoms with van der Waals surface area (Å²) in [5.41, 5.74) is 1.21. The molecule has 0 bridgehead atoms. The number of aryl methyl sites for hydroxylation is 2. The van der Waals surface area contributed by atoms with Crippen LogP contribution in [0.15, 0.2) is 18.2 Å². The molecule has 7 heteroatoms. The molecule has 0 saturated heterocycles. The Morgan fingerprint density at radius 1 is 1.37 bits per heavy atom. The van der Waals surface area contributed by atoms with Crippen LogP contribution in [0.3, 0.4) is 0 Å². The molecule has 0 amide bonds. The first-order chi connectivity index (χ1) is 8.90. The van der Waals surface area contributed by atoms with E-state index in [1.165, 1.54) is 25.2 Å². The van der Waals surface area contributed by atoms with Crippen molar-refractivity contribution in [2.24, 2.45) is 7.05 Å². The quantitative estimate of drug-likeness (QED) is 0.860. The lowest BCUT2D eigenvalue weighted by molar-refractivity contribution is -0.0552. The maximum absolute atomic E-state index is 13.2. The summed E-state index contributed by atoms with van der Waals surface area (Å²) in [5.74, 6) is -0.589. The second-order valence-electron chi connectivity index (χ2n) is 3.93. The molecule has 102 valence electrons. The van der Waals surface area contributed by atoms with Crippen molar-refractivity contribution in [2.45, 2.75) is 13.5 Å². The van der Waals surface area contributed by atoms with Crippen molar-refractivity contribution in [3.8, 4) is 17.1 Å². The second-order valence-corrected chi connectivity index (χ2v) is 4.31. The Bertz CT molecular complexity index is 613. The second kappa shape index (κ2) is 5.13. The fourth-order valence-corrected chi connectivity index (χ4v) is 1.99. The summed E-state index contributed by atoms with van der Waals surface area (Å²) < 4.78 is 43.1. The van der Waals surface area contributed by atoms with Gasteiger partial charge in [-0.05, 0) is 30.7 Å². The van der Waals surface area contributed by atoms with E-state index in [1.54, 1.807) is 6.92 Å². The maximum atomic E-state index is 13.2. The van der Waals surface area contributed by atoms with E-state index in [-0.39, 0.29) is 22.4 Å². The van der Waals surface area contributed by atoms with Crippen LogP contribution >= 0.6 is 11.6 Å². The van der Waals surface area contributed by atoms with Gasteiger partial charge in [0.05, 0.1) is 0 Å². The van der Waals surface area contributed by atoms with Crippen LogP contribution in [-0.2, 0) is 7.05 Å². The van der Waals surface area contributed by atoms with Crippen molar-refractivity contribution < 1.29 is 17.9 Å². The first-order valence-electron chi connectivity index (χ1n) is 5.34. The fourth-order valence-electron chi connectivity index (χ4n) is 1.67. The van der Waals surface area contributed by atoms with Gasteiger partial charge < -0.3 is 4.74 Å². The van der Waals surface area contributed by atoms with Gasteiger partial charge in [0.2, 0.25) is 5.88 Å². The van der Waals surface area contributed by atoms with Crippen LogP contribution in [0.2, 0.25) is 5.02 Å². The molecule has 1 aromatic carbocycles. The monoisotopic (exact) mass is 290 g/mol. The lowest BCUT2D eigenvalue weighted by Crippen LogP contribution is -2.06. The normalized spacial score (nSPS) is 11.1. The molecule has 1 aromatic heterocycles. The highest BCUT2D eigenvalue weighted by atomic mass is 35.5. The van der Waals surface area contributed by atoms with E-state index in [4.69, 9.17) is 11.6 Å². The Hall–Kier alpha value is -1.69. The predicted octanol–water partition coefficient (Wildman–Crippen LogP) is 3.79. The van der Waals surface area contributed by atoms with Crippen LogP contribution in [0.25, 0.3) is 11.3 Å². The van der Waals surface area contributed by atoms with Crippen LogP contribution in [0, 0.1) is 12.7 Å². The Labute approximate surface area is 112 Å². The molecule has 0 N–H and O–H groups in total. The van der Waals surface area contributed by atoms with Crippen LogP contribution < -0.4 is 4.74 Å². The van der Waals surface area contributed by atoms with E-state index in [0.29, 0.717) is 11.1 Å². The molecule has 0 aliphatic carbocycles. The lowest BCUT2D eigenvalue weighted by Gasteiger charge is -2.03. The van der Waals surface area contributed by atoms with E-state index in [1.807, 2.05) is 0 Å². The molecule has 1 heterocycles. The lowest BCUT2D eigenvalue weighted by atomic mass is 10.1. The molecule has 2 aromatic rings. The Morgan fingerprint density at radius 2 is 2.05 bits per heavy atom. The topological polar surface area (TPSA) is 27.1 Å². The zero-order valence-electron chi connectivity index (χ0n) is 10.1. The standard InChI is InChI=1S/C12H10ClF3N2O/c1-6-5-7(3-4-8(6)14)10-9(13)11(18(2)17-10)19-12(15)16/h3-5,12H,1-2H3. The van der Waals surface area contributed by atoms with E-state index in [9.17, 15) is 13.2 Å². The van der Waals surface area contributed by atoms with Crippen molar-refractivity contribution in [1.29, 1.82) is 0 Å². The average Bonchev–Trinajstić information content (AvgIpc) is 2.60. The number of aromatic nitrogens is 2. The van der Waals surface area contributed by atoms with Crippen LogP contribution in [0.4, 0.5) is 13.2 Å². The molecule has 2 rings (SSSR count). The summed E-state index contributed by atoms with van der Waals surface area (Å²) in [7, 11) is 1.43. The minimum absolute atomic E-state index is 0.0335. The molecule has 0 radical (unpaired) electrons. The number of ether oxygens (including phenoxy) is 1. The maximum Gasteiger partial charge on any atom is 0.388 e. The molecular weight excluding hydrogens is 281 g/mol. The number of hydrogen-bond acceptors (Lipinski definition) is 2. The van der Waals surface area contributed by atoms with Crippen molar-refractivity contribution in [3.63, 3.8) is 0 Å². The molecule has 0 spiro atoms. The van der Waals surface area contributed by atoms with Gasteiger partial charge in [-0.1, -0.05) is 11.6 Å². The summed E-state index contributed by atoms with van der Waals surface area (Å²) in [6, 6.07) is 4.28. The van der Waals surface area contributed by atoms with E-state index in [2.05, 4.69) is 9.84 Å². The zero-order valence-corrected chi connectivity index (χ0v) is 10.9. The molecule has 19 heavy (non-hydrogen) atoms. The minimum Gasteiger partial charge on any atom is -0.416 e. The van der Waals surface area contributed by atoms with Gasteiger partial charge in [0.1, 0.15) is 16.5 Å². The Balaban J connectivity index is 2.48. The summed E-state index contributed by atoms with van der Waals surface area (Å²) in [5, 5.41) is 3.97. The largest absolute Gasteiger partial charge is 0.416 e. The molecule has 0 saturated carbocycles. The predicted molar refractivity (Wildman–Crippen MR) is 65.0 cm³/mol. The van der Waals surface area contributed by atoms with E-state index < -0.39 is 6.61 Å². The highest BCUT2D eigenvalue weighted by molar-refractivity contribution is 6.34. The number of rotatable bonds is 3. The SMILES string of the molecule is Cc1cc(-c2nn(C)c(OC(F)F)c2Cl)ccc1F. The van der Waals surface area contributed by atoms with Gasteiger partial charge in [0.25, 0.3) is 0 Å². The van der Waals surface area contributed by atoms with Gasteiger partial charge in [-0.3, -0.25) is 0 Å². The third-order valence-electron chi connectivity index (χ3n) is 2.57. The number of nitrogens with zero attached hydrogens (tertiary/aromatic N) is 2. The fraction of sp³-hybridized carbons (Fsp3) is 0.250. The summed E-state index contributed by atoms with van der Waals surface area (Å²) in [6.07, 6.45) is 0. The molecule has 0 atom stereocenters. The van der Waals surface area contributed by atoms with Crippen molar-refractivity contribution in [1.82, 2.24) is 9.78 Å². The molecule has 0 aliphatic rings. The highest BCUT2D eigenvalue weighted by Gasteiger charge is 2.20. The Morgan fingerprint density at radius 3 is 2.63 bits per heavy atom. The summed E-state index contributed by atoms with van der Waals surface area (Å²) in [6.45, 7) is -1.40. The third kappa shape index (κ3) is 2.68. The van der Waals surface area contributed by atoms with Crippen LogP contribution in [0.5, 0.6) is 5.88 Å². The van der Waals surface area contributed by atoms with Gasteiger partial charge in [-0.2, -0.15) is 13.9 Å². The van der Waals surface area contributed by atoms with E-state index >= 15 is 0 Å². The van der Waals surface area contributed by atoms with Gasteiger partial charge in [0, 0.05) is 12.6 Å². The minimum atomic E-state index is -2.99.